The molecule has 0 radical (unpaired) electrons. The summed E-state index contributed by atoms with van der Waals surface area (Å²) in [5.41, 5.74) is 0.784. The second-order valence-electron chi connectivity index (χ2n) is 11.8. The molecule has 0 N–H and O–H groups in total. The molecule has 3 atom stereocenters. The van der Waals surface area contributed by atoms with Crippen LogP contribution in [0, 0.1) is 11.7 Å². The van der Waals surface area contributed by atoms with Gasteiger partial charge in [-0.3, -0.25) is 0 Å². The SMILES string of the molecule is CC[Si](CC)(CC)O[C@@]1(C(F)(F)F)CC[C@]2(CC=O)c3cc4cnn(-c5ccc(F)cc5)c4cc3CCC[C@H]2C1. The van der Waals surface area contributed by atoms with Gasteiger partial charge in [0.25, 0.3) is 0 Å². The summed E-state index contributed by atoms with van der Waals surface area (Å²) in [6.45, 7) is 5.88. The number of fused-ring (bicyclic) bond motifs is 4. The molecule has 40 heavy (non-hydrogen) atoms. The highest BCUT2D eigenvalue weighted by molar-refractivity contribution is 6.73. The van der Waals surface area contributed by atoms with Crippen molar-refractivity contribution < 1.29 is 26.8 Å². The van der Waals surface area contributed by atoms with E-state index in [0.717, 1.165) is 40.4 Å². The highest BCUT2D eigenvalue weighted by Crippen LogP contribution is 2.59. The van der Waals surface area contributed by atoms with Gasteiger partial charge in [0.05, 0.1) is 17.4 Å². The number of aldehydes is 1. The summed E-state index contributed by atoms with van der Waals surface area (Å²) in [7, 11) is -2.56. The molecule has 1 fully saturated rings. The topological polar surface area (TPSA) is 44.1 Å². The van der Waals surface area contributed by atoms with Gasteiger partial charge in [-0.2, -0.15) is 18.3 Å². The van der Waals surface area contributed by atoms with Crippen molar-refractivity contribution in [2.24, 2.45) is 5.92 Å². The highest BCUT2D eigenvalue weighted by atomic mass is 28.4. The minimum absolute atomic E-state index is 0.106. The smallest absolute Gasteiger partial charge is 0.403 e. The maximum Gasteiger partial charge on any atom is 0.416 e. The zero-order valence-electron chi connectivity index (χ0n) is 23.5. The molecule has 0 spiro atoms. The van der Waals surface area contributed by atoms with E-state index in [9.17, 15) is 22.4 Å². The number of alkyl halides is 3. The van der Waals surface area contributed by atoms with E-state index in [1.807, 2.05) is 26.8 Å². The van der Waals surface area contributed by atoms with Crippen molar-refractivity contribution in [3.63, 3.8) is 0 Å². The number of hydrogen-bond acceptors (Lipinski definition) is 3. The summed E-state index contributed by atoms with van der Waals surface area (Å²) < 4.78 is 66.7. The molecule has 1 heterocycles. The fourth-order valence-corrected chi connectivity index (χ4v) is 10.6. The molecule has 1 aromatic heterocycles. The Morgan fingerprint density at radius 1 is 1.10 bits per heavy atom. The first kappa shape index (κ1) is 29.0. The minimum atomic E-state index is -4.48. The monoisotopic (exact) mass is 574 g/mol. The largest absolute Gasteiger partial charge is 0.416 e. The van der Waals surface area contributed by atoms with Gasteiger partial charge in [-0.05, 0) is 110 Å². The number of carbonyl (C=O) groups excluding carboxylic acids is 1. The highest BCUT2D eigenvalue weighted by Gasteiger charge is 2.64. The van der Waals surface area contributed by atoms with Crippen LogP contribution in [-0.2, 0) is 21.1 Å². The molecule has 0 aliphatic heterocycles. The Kier molecular flexibility index (Phi) is 7.76. The number of nitrogens with zero attached hydrogens (tertiary/aromatic N) is 2. The summed E-state index contributed by atoms with van der Waals surface area (Å²) in [6.07, 6.45) is 0.414. The van der Waals surface area contributed by atoms with Crippen LogP contribution in [0.3, 0.4) is 0 Å². The number of aryl methyl sites for hydroxylation is 1. The third kappa shape index (κ3) is 4.72. The van der Waals surface area contributed by atoms with Gasteiger partial charge in [-0.1, -0.05) is 20.8 Å². The molecule has 2 aromatic carbocycles. The Balaban J connectivity index is 1.60. The molecule has 0 saturated heterocycles. The van der Waals surface area contributed by atoms with Gasteiger partial charge in [0.2, 0.25) is 0 Å². The van der Waals surface area contributed by atoms with Gasteiger partial charge in [-0.25, -0.2) is 9.07 Å². The molecular formula is C31H38F4N2O2Si. The lowest BCUT2D eigenvalue weighted by atomic mass is 9.56. The van der Waals surface area contributed by atoms with E-state index in [0.29, 0.717) is 31.0 Å². The average Bonchev–Trinajstić information content (AvgIpc) is 3.28. The van der Waals surface area contributed by atoms with Crippen LogP contribution in [0.5, 0.6) is 0 Å². The van der Waals surface area contributed by atoms with E-state index in [-0.39, 0.29) is 37.4 Å². The minimum Gasteiger partial charge on any atom is -0.403 e. The fraction of sp³-hybridized carbons (Fsp3) is 0.548. The third-order valence-corrected chi connectivity index (χ3v) is 14.7. The van der Waals surface area contributed by atoms with Crippen LogP contribution >= 0.6 is 0 Å². The number of aromatic nitrogens is 2. The average molecular weight is 575 g/mol. The number of hydrogen-bond donors (Lipinski definition) is 0. The maximum atomic E-state index is 15.0. The van der Waals surface area contributed by atoms with Gasteiger partial charge in [0, 0.05) is 17.2 Å². The molecule has 0 amide bonds. The standard InChI is InChI=1S/C31H38F4N2O2Si/c1-4-40(5-2,6-3)39-30(31(33,34)35)15-14-29(16-17-38)24(20-30)9-7-8-22-19-28-23(18-27(22)29)21-36-37(28)26-12-10-25(32)11-13-26/h10-13,17-19,21,24H,4-9,14-16,20H2,1-3H3/t24-,29+,30-/m0/s1. The van der Waals surface area contributed by atoms with Crippen LogP contribution in [0.1, 0.15) is 70.4 Å². The predicted octanol–water partition coefficient (Wildman–Crippen LogP) is 8.45. The van der Waals surface area contributed by atoms with Crippen LogP contribution in [0.15, 0.2) is 42.6 Å². The molecule has 3 aromatic rings. The summed E-state index contributed by atoms with van der Waals surface area (Å²) in [5, 5.41) is 5.40. The van der Waals surface area contributed by atoms with Crippen molar-refractivity contribution in [1.29, 1.82) is 0 Å². The first-order valence-corrected chi connectivity index (χ1v) is 17.1. The number of halogens is 4. The van der Waals surface area contributed by atoms with Crippen molar-refractivity contribution in [2.75, 3.05) is 0 Å². The second-order valence-corrected chi connectivity index (χ2v) is 16.5. The van der Waals surface area contributed by atoms with Gasteiger partial charge in [-0.15, -0.1) is 0 Å². The normalized spacial score (nSPS) is 25.3. The van der Waals surface area contributed by atoms with E-state index in [4.69, 9.17) is 4.43 Å². The molecule has 4 nitrogen and oxygen atoms in total. The lowest BCUT2D eigenvalue weighted by Crippen LogP contribution is -2.61. The molecular weight excluding hydrogens is 536 g/mol. The van der Waals surface area contributed by atoms with Crippen LogP contribution in [0.2, 0.25) is 18.1 Å². The van der Waals surface area contributed by atoms with Gasteiger partial charge in [0.15, 0.2) is 13.9 Å². The predicted molar refractivity (Wildman–Crippen MR) is 151 cm³/mol. The van der Waals surface area contributed by atoms with Crippen molar-refractivity contribution in [3.05, 3.63) is 59.5 Å². The lowest BCUT2D eigenvalue weighted by molar-refractivity contribution is -0.272. The molecule has 0 unspecified atom stereocenters. The summed E-state index contributed by atoms with van der Waals surface area (Å²) in [6, 6.07) is 12.2. The van der Waals surface area contributed by atoms with Crippen LogP contribution in [0.4, 0.5) is 17.6 Å². The van der Waals surface area contributed by atoms with Gasteiger partial charge < -0.3 is 9.22 Å². The Bertz CT molecular complexity index is 1360. The zero-order valence-corrected chi connectivity index (χ0v) is 24.5. The summed E-state index contributed by atoms with van der Waals surface area (Å²) >= 11 is 0. The van der Waals surface area contributed by atoms with Crippen molar-refractivity contribution >= 4 is 25.5 Å². The first-order chi connectivity index (χ1) is 19.1. The Morgan fingerprint density at radius 3 is 2.42 bits per heavy atom. The Hall–Kier alpha value is -2.52. The molecule has 0 bridgehead atoms. The number of rotatable bonds is 8. The van der Waals surface area contributed by atoms with E-state index in [1.54, 1.807) is 23.0 Å². The van der Waals surface area contributed by atoms with Crippen LogP contribution < -0.4 is 0 Å². The quantitative estimate of drug-likeness (QED) is 0.154. The molecule has 2 aliphatic carbocycles. The molecule has 1 saturated carbocycles. The van der Waals surface area contributed by atoms with Crippen molar-refractivity contribution in [2.45, 2.75) is 101 Å². The third-order valence-electron chi connectivity index (χ3n) is 10.0. The van der Waals surface area contributed by atoms with Gasteiger partial charge in [0.1, 0.15) is 12.1 Å². The van der Waals surface area contributed by atoms with Crippen molar-refractivity contribution in [1.82, 2.24) is 9.78 Å². The zero-order chi connectivity index (χ0) is 28.8. The Morgan fingerprint density at radius 2 is 1.80 bits per heavy atom. The number of carbonyl (C=O) groups is 1. The number of benzene rings is 2. The molecule has 216 valence electrons. The van der Waals surface area contributed by atoms with E-state index >= 15 is 0 Å². The molecule has 2 aliphatic rings. The van der Waals surface area contributed by atoms with Crippen LogP contribution in [-0.4, -0.2) is 36.2 Å². The summed E-state index contributed by atoms with van der Waals surface area (Å²) in [4.78, 5) is 12.2. The van der Waals surface area contributed by atoms with E-state index in [2.05, 4.69) is 11.2 Å². The maximum absolute atomic E-state index is 15.0. The van der Waals surface area contributed by atoms with E-state index < -0.39 is 25.5 Å². The molecule has 9 heteroatoms. The van der Waals surface area contributed by atoms with Crippen LogP contribution in [0.25, 0.3) is 16.6 Å². The van der Waals surface area contributed by atoms with E-state index in [1.165, 1.54) is 12.1 Å². The second kappa shape index (κ2) is 10.7. The first-order valence-electron chi connectivity index (χ1n) is 14.5. The van der Waals surface area contributed by atoms with Crippen molar-refractivity contribution in [3.8, 4) is 5.69 Å². The fourth-order valence-electron chi connectivity index (χ4n) is 7.49. The molecule has 5 rings (SSSR count). The lowest BCUT2D eigenvalue weighted by Gasteiger charge is -2.54. The Labute approximate surface area is 234 Å². The van der Waals surface area contributed by atoms with Gasteiger partial charge >= 0.3 is 6.18 Å². The summed E-state index contributed by atoms with van der Waals surface area (Å²) in [5.74, 6) is -0.653.